The molecule has 0 aromatic heterocycles. The van der Waals surface area contributed by atoms with E-state index >= 15 is 0 Å². The van der Waals surface area contributed by atoms with E-state index in [-0.39, 0.29) is 18.9 Å². The van der Waals surface area contributed by atoms with E-state index in [9.17, 15) is 45.6 Å². The van der Waals surface area contributed by atoms with Crippen molar-refractivity contribution in [2.24, 2.45) is 0 Å². The third-order valence-electron chi connectivity index (χ3n) is 12.8. The Balaban J connectivity index is 1.73. The first-order chi connectivity index (χ1) is 34.6. The maximum atomic E-state index is 13.2. The van der Waals surface area contributed by atoms with Gasteiger partial charge in [0.1, 0.15) is 48.8 Å². The molecule has 0 aliphatic carbocycles. The number of carbonyl (C=O) groups is 1. The summed E-state index contributed by atoms with van der Waals surface area (Å²) in [6.45, 7) is 2.62. The van der Waals surface area contributed by atoms with E-state index in [4.69, 9.17) is 18.9 Å². The zero-order valence-corrected chi connectivity index (χ0v) is 43.4. The number of hydrogen-bond acceptors (Lipinski definition) is 13. The number of amides is 1. The number of aliphatic hydroxyl groups is 8. The van der Waals surface area contributed by atoms with Crippen molar-refractivity contribution in [3.8, 4) is 0 Å². The average molecular weight is 1000 g/mol. The molecule has 0 bridgehead atoms. The molecule has 9 N–H and O–H groups in total. The SMILES string of the molecule is CC/C=C\C/C=C\C/C=C\C/C=C\C/C=C\C/C=C\CCCCCCCCCCC(=O)NC(COC1OC(CO)C(OC2OC(CO)C(O)C(O)C2O)C(O)C1O)C(O)/C=C/CCCCCCCCCC. The van der Waals surface area contributed by atoms with Crippen molar-refractivity contribution < 1.29 is 64.6 Å². The Labute approximate surface area is 427 Å². The average Bonchev–Trinajstić information content (AvgIpc) is 3.37. The van der Waals surface area contributed by atoms with Gasteiger partial charge in [0.25, 0.3) is 0 Å². The van der Waals surface area contributed by atoms with Crippen molar-refractivity contribution in [1.29, 1.82) is 0 Å². The molecule has 12 unspecified atom stereocenters. The third kappa shape index (κ3) is 29.0. The fraction of sp³-hybridized carbons (Fsp3) is 0.737. The Morgan fingerprint density at radius 2 is 0.972 bits per heavy atom. The molecule has 2 aliphatic heterocycles. The lowest BCUT2D eigenvalue weighted by atomic mass is 9.97. The molecule has 2 saturated heterocycles. The largest absolute Gasteiger partial charge is 0.394 e. The second-order valence-electron chi connectivity index (χ2n) is 19.0. The highest BCUT2D eigenvalue weighted by molar-refractivity contribution is 5.76. The van der Waals surface area contributed by atoms with Crippen LogP contribution < -0.4 is 5.32 Å². The molecule has 14 nitrogen and oxygen atoms in total. The van der Waals surface area contributed by atoms with Crippen LogP contribution in [-0.2, 0) is 23.7 Å². The Morgan fingerprint density at radius 1 is 0.521 bits per heavy atom. The minimum atomic E-state index is -1.79. The van der Waals surface area contributed by atoms with Crippen LogP contribution in [0.4, 0.5) is 0 Å². The summed E-state index contributed by atoms with van der Waals surface area (Å²) in [6, 6.07) is -0.922. The van der Waals surface area contributed by atoms with E-state index in [1.807, 2.05) is 6.08 Å². The number of carbonyl (C=O) groups excluding carboxylic acids is 1. The molecule has 0 saturated carbocycles. The molecule has 2 rings (SSSR count). The van der Waals surface area contributed by atoms with E-state index in [0.717, 1.165) is 96.3 Å². The Bertz CT molecular complexity index is 1510. The molecule has 0 radical (unpaired) electrons. The van der Waals surface area contributed by atoms with Crippen LogP contribution in [0.2, 0.25) is 0 Å². The zero-order valence-electron chi connectivity index (χ0n) is 43.4. The van der Waals surface area contributed by atoms with Crippen molar-refractivity contribution in [3.63, 3.8) is 0 Å². The van der Waals surface area contributed by atoms with Gasteiger partial charge in [0.2, 0.25) is 5.91 Å². The molecule has 12 atom stereocenters. The van der Waals surface area contributed by atoms with Crippen molar-refractivity contribution in [1.82, 2.24) is 5.32 Å². The summed E-state index contributed by atoms with van der Waals surface area (Å²) in [5, 5.41) is 86.7. The molecule has 2 heterocycles. The fourth-order valence-corrected chi connectivity index (χ4v) is 8.41. The summed E-state index contributed by atoms with van der Waals surface area (Å²) in [5.74, 6) is -0.255. The summed E-state index contributed by atoms with van der Waals surface area (Å²) in [4.78, 5) is 13.2. The molecule has 14 heteroatoms. The lowest BCUT2D eigenvalue weighted by molar-refractivity contribution is -0.359. The predicted molar refractivity (Wildman–Crippen MR) is 281 cm³/mol. The van der Waals surface area contributed by atoms with E-state index in [1.54, 1.807) is 6.08 Å². The smallest absolute Gasteiger partial charge is 0.220 e. The molecular weight excluding hydrogens is 907 g/mol. The standard InChI is InChI=1S/C57H97NO13/c1-3-5-7-9-11-13-15-16-17-18-19-20-21-22-23-24-25-26-27-28-29-30-31-33-35-37-39-41-49(62)58-45(46(61)40-38-36-34-32-14-12-10-8-6-4-2)44-68-56-54(67)52(65)55(48(43-60)70-56)71-57-53(66)51(64)50(63)47(42-59)69-57/h5,7,11,13,16-17,19-20,22-23,25-26,38,40,45-48,50-57,59-61,63-67H,3-4,6,8-10,12,14-15,18,21,24,27-37,39,41-44H2,1-2H3,(H,58,62)/b7-5-,13-11-,17-16-,20-19-,23-22-,26-25-,40-38+. The van der Waals surface area contributed by atoms with Crippen LogP contribution in [0.5, 0.6) is 0 Å². The monoisotopic (exact) mass is 1000 g/mol. The first-order valence-electron chi connectivity index (χ1n) is 27.3. The number of nitrogens with one attached hydrogen (secondary N) is 1. The van der Waals surface area contributed by atoms with E-state index in [1.165, 1.54) is 51.4 Å². The molecule has 2 fully saturated rings. The van der Waals surface area contributed by atoms with Crippen molar-refractivity contribution in [2.45, 2.75) is 248 Å². The summed E-state index contributed by atoms with van der Waals surface area (Å²) < 4.78 is 22.7. The molecule has 408 valence electrons. The highest BCUT2D eigenvalue weighted by atomic mass is 16.7. The van der Waals surface area contributed by atoms with Gasteiger partial charge in [-0.1, -0.05) is 182 Å². The highest BCUT2D eigenvalue weighted by Gasteiger charge is 2.51. The van der Waals surface area contributed by atoms with Crippen LogP contribution in [0.15, 0.2) is 85.1 Å². The molecule has 0 spiro atoms. The van der Waals surface area contributed by atoms with Gasteiger partial charge in [-0.25, -0.2) is 0 Å². The van der Waals surface area contributed by atoms with E-state index < -0.39 is 86.8 Å². The Kier molecular flexibility index (Phi) is 38.5. The first-order valence-corrected chi connectivity index (χ1v) is 27.3. The van der Waals surface area contributed by atoms with Gasteiger partial charge in [-0.15, -0.1) is 0 Å². The van der Waals surface area contributed by atoms with Crippen molar-refractivity contribution >= 4 is 5.91 Å². The first kappa shape index (κ1) is 64.3. The fourth-order valence-electron chi connectivity index (χ4n) is 8.41. The van der Waals surface area contributed by atoms with Crippen molar-refractivity contribution in [3.05, 3.63) is 85.1 Å². The number of ether oxygens (including phenoxy) is 4. The van der Waals surface area contributed by atoms with Gasteiger partial charge in [-0.3, -0.25) is 4.79 Å². The van der Waals surface area contributed by atoms with Crippen LogP contribution in [0.25, 0.3) is 0 Å². The van der Waals surface area contributed by atoms with Crippen LogP contribution >= 0.6 is 0 Å². The van der Waals surface area contributed by atoms with E-state index in [2.05, 4.69) is 92.1 Å². The molecule has 2 aliphatic rings. The highest BCUT2D eigenvalue weighted by Crippen LogP contribution is 2.30. The zero-order chi connectivity index (χ0) is 51.7. The van der Waals surface area contributed by atoms with Gasteiger partial charge in [0, 0.05) is 6.42 Å². The molecule has 71 heavy (non-hydrogen) atoms. The second kappa shape index (κ2) is 42.5. The Morgan fingerprint density at radius 3 is 1.49 bits per heavy atom. The molecule has 1 amide bonds. The molecular formula is C57H97NO13. The molecule has 0 aromatic rings. The van der Waals surface area contributed by atoms with Crippen LogP contribution in [0.3, 0.4) is 0 Å². The summed E-state index contributed by atoms with van der Waals surface area (Å²) in [6.07, 6.45) is 39.1. The topological polar surface area (TPSA) is 228 Å². The number of aliphatic hydroxyl groups excluding tert-OH is 8. The molecule has 0 aromatic carbocycles. The summed E-state index contributed by atoms with van der Waals surface area (Å²) >= 11 is 0. The minimum absolute atomic E-state index is 0.255. The van der Waals surface area contributed by atoms with Gasteiger partial charge < -0.3 is 65.1 Å². The number of rotatable bonds is 41. The van der Waals surface area contributed by atoms with Gasteiger partial charge in [-0.2, -0.15) is 0 Å². The van der Waals surface area contributed by atoms with Gasteiger partial charge in [0.05, 0.1) is 32.0 Å². The maximum Gasteiger partial charge on any atom is 0.220 e. The summed E-state index contributed by atoms with van der Waals surface area (Å²) in [5.41, 5.74) is 0. The lowest BCUT2D eigenvalue weighted by Crippen LogP contribution is -2.65. The second-order valence-corrected chi connectivity index (χ2v) is 19.0. The maximum absolute atomic E-state index is 13.2. The van der Waals surface area contributed by atoms with Gasteiger partial charge in [-0.05, 0) is 70.6 Å². The van der Waals surface area contributed by atoms with Gasteiger partial charge >= 0.3 is 0 Å². The number of hydrogen-bond donors (Lipinski definition) is 9. The van der Waals surface area contributed by atoms with E-state index in [0.29, 0.717) is 6.42 Å². The quantitative estimate of drug-likeness (QED) is 0.0208. The van der Waals surface area contributed by atoms with Crippen LogP contribution in [-0.4, -0.2) is 140 Å². The Hall–Kier alpha value is -2.83. The summed E-state index contributed by atoms with van der Waals surface area (Å²) in [7, 11) is 0. The minimum Gasteiger partial charge on any atom is -0.394 e. The normalized spacial score (nSPS) is 26.5. The predicted octanol–water partition coefficient (Wildman–Crippen LogP) is 8.16. The van der Waals surface area contributed by atoms with Crippen LogP contribution in [0, 0.1) is 0 Å². The lowest BCUT2D eigenvalue weighted by Gasteiger charge is -2.46. The number of unbranched alkanes of at least 4 members (excludes halogenated alkanes) is 16. The van der Waals surface area contributed by atoms with Crippen molar-refractivity contribution in [2.75, 3.05) is 19.8 Å². The van der Waals surface area contributed by atoms with Crippen LogP contribution in [0.1, 0.15) is 174 Å². The number of allylic oxidation sites excluding steroid dienone is 13. The third-order valence-corrected chi connectivity index (χ3v) is 12.8. The van der Waals surface area contributed by atoms with Gasteiger partial charge in [0.15, 0.2) is 12.6 Å².